The Balaban J connectivity index is 2.18. The smallest absolute Gasteiger partial charge is 0.0911 e. The predicted molar refractivity (Wildman–Crippen MR) is 37.3 cm³/mol. The van der Waals surface area contributed by atoms with Crippen molar-refractivity contribution in [3.8, 4) is 0 Å². The first-order valence-corrected chi connectivity index (χ1v) is 3.35. The van der Waals surface area contributed by atoms with E-state index in [1.54, 1.807) is 0 Å². The van der Waals surface area contributed by atoms with Gasteiger partial charge in [0.2, 0.25) is 0 Å². The molecule has 0 aromatic carbocycles. The lowest BCUT2D eigenvalue weighted by Gasteiger charge is -2.13. The first kappa shape index (κ1) is 7.34. The molecule has 58 valence electrons. The second-order valence-electron chi connectivity index (χ2n) is 2.28. The number of halogens is 1. The van der Waals surface area contributed by atoms with Crippen LogP contribution in [-0.2, 0) is 0 Å². The van der Waals surface area contributed by atoms with E-state index >= 15 is 0 Å². The first-order chi connectivity index (χ1) is 4.83. The van der Waals surface area contributed by atoms with Crippen LogP contribution in [0.15, 0.2) is 11.9 Å². The quantitative estimate of drug-likeness (QED) is 0.606. The molecule has 0 radical (unpaired) electrons. The van der Waals surface area contributed by atoms with Gasteiger partial charge in [0.15, 0.2) is 0 Å². The summed E-state index contributed by atoms with van der Waals surface area (Å²) >= 11 is 0. The van der Waals surface area contributed by atoms with Crippen molar-refractivity contribution < 1.29 is 4.39 Å². The minimum absolute atomic E-state index is 0.259. The molecule has 0 aliphatic carbocycles. The predicted octanol–water partition coefficient (Wildman–Crippen LogP) is 0.532. The summed E-state index contributed by atoms with van der Waals surface area (Å²) in [6.45, 7) is 2.40. The van der Waals surface area contributed by atoms with Crippen LogP contribution >= 0.6 is 0 Å². The maximum absolute atomic E-state index is 11.6. The molecule has 1 rings (SSSR count). The number of hydrogen-bond acceptors (Lipinski definition) is 3. The van der Waals surface area contributed by atoms with Crippen molar-refractivity contribution in [3.05, 3.63) is 11.9 Å². The SMILES string of the molecule is CC1=CN(CCCF)NN1. The summed E-state index contributed by atoms with van der Waals surface area (Å²) in [4.78, 5) is 0. The molecule has 0 saturated heterocycles. The molecule has 0 aromatic heterocycles. The monoisotopic (exact) mass is 145 g/mol. The van der Waals surface area contributed by atoms with Crippen LogP contribution in [0.1, 0.15) is 13.3 Å². The molecule has 0 amide bonds. The van der Waals surface area contributed by atoms with Crippen LogP contribution in [0.25, 0.3) is 0 Å². The Morgan fingerprint density at radius 1 is 1.70 bits per heavy atom. The third-order valence-corrected chi connectivity index (χ3v) is 1.28. The van der Waals surface area contributed by atoms with Crippen molar-refractivity contribution in [1.82, 2.24) is 16.0 Å². The average molecular weight is 145 g/mol. The van der Waals surface area contributed by atoms with Gasteiger partial charge in [-0.15, -0.1) is 5.53 Å². The number of alkyl halides is 1. The van der Waals surface area contributed by atoms with Crippen LogP contribution < -0.4 is 11.0 Å². The molecule has 1 aliphatic heterocycles. The number of allylic oxidation sites excluding steroid dienone is 1. The second kappa shape index (κ2) is 3.41. The van der Waals surface area contributed by atoms with Crippen LogP contribution in [-0.4, -0.2) is 18.2 Å². The van der Waals surface area contributed by atoms with Crippen LogP contribution in [0.2, 0.25) is 0 Å². The molecule has 0 atom stereocenters. The van der Waals surface area contributed by atoms with Crippen molar-refractivity contribution in [1.29, 1.82) is 0 Å². The molecular weight excluding hydrogens is 133 g/mol. The maximum atomic E-state index is 11.6. The van der Waals surface area contributed by atoms with Gasteiger partial charge in [0, 0.05) is 18.4 Å². The third kappa shape index (κ3) is 1.88. The van der Waals surface area contributed by atoms with Gasteiger partial charge < -0.3 is 5.43 Å². The van der Waals surface area contributed by atoms with Crippen molar-refractivity contribution in [2.75, 3.05) is 13.2 Å². The Bertz CT molecular complexity index is 135. The maximum Gasteiger partial charge on any atom is 0.0911 e. The van der Waals surface area contributed by atoms with E-state index in [1.807, 2.05) is 18.1 Å². The minimum Gasteiger partial charge on any atom is -0.307 e. The Morgan fingerprint density at radius 2 is 2.50 bits per heavy atom. The number of nitrogens with one attached hydrogen (secondary N) is 2. The fourth-order valence-electron chi connectivity index (χ4n) is 0.809. The zero-order chi connectivity index (χ0) is 7.40. The molecule has 2 N–H and O–H groups in total. The second-order valence-corrected chi connectivity index (χ2v) is 2.28. The third-order valence-electron chi connectivity index (χ3n) is 1.28. The van der Waals surface area contributed by atoms with E-state index in [2.05, 4.69) is 11.0 Å². The highest BCUT2D eigenvalue weighted by Crippen LogP contribution is 1.98. The number of hydrogen-bond donors (Lipinski definition) is 2. The van der Waals surface area contributed by atoms with E-state index in [4.69, 9.17) is 0 Å². The van der Waals surface area contributed by atoms with E-state index in [9.17, 15) is 4.39 Å². The van der Waals surface area contributed by atoms with Crippen LogP contribution in [0.5, 0.6) is 0 Å². The van der Waals surface area contributed by atoms with E-state index in [1.165, 1.54) is 0 Å². The summed E-state index contributed by atoms with van der Waals surface area (Å²) < 4.78 is 11.6. The van der Waals surface area contributed by atoms with Crippen molar-refractivity contribution in [2.24, 2.45) is 0 Å². The number of hydrazine groups is 2. The molecule has 0 unspecified atom stereocenters. The van der Waals surface area contributed by atoms with Gasteiger partial charge in [-0.25, -0.2) is 0 Å². The molecule has 0 spiro atoms. The van der Waals surface area contributed by atoms with Crippen LogP contribution in [0, 0.1) is 0 Å². The first-order valence-electron chi connectivity index (χ1n) is 3.35. The summed E-state index contributed by atoms with van der Waals surface area (Å²) in [7, 11) is 0. The van der Waals surface area contributed by atoms with Gasteiger partial charge in [-0.1, -0.05) is 0 Å². The van der Waals surface area contributed by atoms with Crippen molar-refractivity contribution in [2.45, 2.75) is 13.3 Å². The molecule has 3 nitrogen and oxygen atoms in total. The minimum atomic E-state index is -0.259. The largest absolute Gasteiger partial charge is 0.307 e. The lowest BCUT2D eigenvalue weighted by molar-refractivity contribution is 0.257. The molecule has 0 aromatic rings. The molecule has 10 heavy (non-hydrogen) atoms. The fourth-order valence-corrected chi connectivity index (χ4v) is 0.809. The van der Waals surface area contributed by atoms with Gasteiger partial charge in [-0.05, 0) is 13.3 Å². The zero-order valence-electron chi connectivity index (χ0n) is 6.02. The van der Waals surface area contributed by atoms with Gasteiger partial charge in [-0.2, -0.15) is 0 Å². The van der Waals surface area contributed by atoms with Gasteiger partial charge in [0.25, 0.3) is 0 Å². The normalized spacial score (nSPS) is 17.0. The van der Waals surface area contributed by atoms with Crippen molar-refractivity contribution in [3.63, 3.8) is 0 Å². The Hall–Kier alpha value is -0.770. The highest BCUT2D eigenvalue weighted by molar-refractivity contribution is 4.96. The molecule has 0 saturated carbocycles. The highest BCUT2D eigenvalue weighted by atomic mass is 19.1. The molecule has 1 aliphatic rings. The number of nitrogens with zero attached hydrogens (tertiary/aromatic N) is 1. The number of rotatable bonds is 3. The van der Waals surface area contributed by atoms with Crippen LogP contribution in [0.4, 0.5) is 4.39 Å². The van der Waals surface area contributed by atoms with E-state index in [0.717, 1.165) is 5.70 Å². The summed E-state index contributed by atoms with van der Waals surface area (Å²) in [5.74, 6) is 0. The van der Waals surface area contributed by atoms with Gasteiger partial charge in [-0.3, -0.25) is 9.40 Å². The van der Waals surface area contributed by atoms with Gasteiger partial charge in [0.05, 0.1) is 6.67 Å². The Labute approximate surface area is 59.8 Å². The van der Waals surface area contributed by atoms with E-state index in [-0.39, 0.29) is 6.67 Å². The Kier molecular flexibility index (Phi) is 2.50. The summed E-state index contributed by atoms with van der Waals surface area (Å²) in [5, 5.41) is 1.83. The fraction of sp³-hybridized carbons (Fsp3) is 0.667. The van der Waals surface area contributed by atoms with Gasteiger partial charge >= 0.3 is 0 Å². The topological polar surface area (TPSA) is 27.3 Å². The lowest BCUT2D eigenvalue weighted by Crippen LogP contribution is -2.36. The summed E-state index contributed by atoms with van der Waals surface area (Å²) in [5.41, 5.74) is 6.81. The van der Waals surface area contributed by atoms with Crippen molar-refractivity contribution >= 4 is 0 Å². The highest BCUT2D eigenvalue weighted by Gasteiger charge is 2.04. The van der Waals surface area contributed by atoms with Gasteiger partial charge in [0.1, 0.15) is 0 Å². The zero-order valence-corrected chi connectivity index (χ0v) is 6.02. The lowest BCUT2D eigenvalue weighted by atomic mass is 10.4. The molecular formula is C6H12FN3. The molecule has 0 bridgehead atoms. The average Bonchev–Trinajstić information content (AvgIpc) is 2.31. The van der Waals surface area contributed by atoms with E-state index < -0.39 is 0 Å². The Morgan fingerprint density at radius 3 is 3.00 bits per heavy atom. The van der Waals surface area contributed by atoms with Crippen LogP contribution in [0.3, 0.4) is 0 Å². The summed E-state index contributed by atoms with van der Waals surface area (Å²) in [6, 6.07) is 0. The molecule has 0 fully saturated rings. The standard InChI is InChI=1S/C6H12FN3/c1-6-5-10(9-8-6)4-2-3-7/h5,8-9H,2-4H2,1H3. The molecule has 4 heteroatoms. The van der Waals surface area contributed by atoms with E-state index in [0.29, 0.717) is 13.0 Å². The summed E-state index contributed by atoms with van der Waals surface area (Å²) in [6.07, 6.45) is 2.48. The molecule has 1 heterocycles.